The number of para-hydroxylation sites is 1. The van der Waals surface area contributed by atoms with Gasteiger partial charge in [0.15, 0.2) is 5.82 Å². The van der Waals surface area contributed by atoms with E-state index in [1.165, 1.54) is 17.3 Å². The molecule has 2 heterocycles. The van der Waals surface area contributed by atoms with Crippen molar-refractivity contribution >= 4 is 23.4 Å². The van der Waals surface area contributed by atoms with E-state index in [4.69, 9.17) is 14.7 Å². The molecule has 0 radical (unpaired) electrons. The highest BCUT2D eigenvalue weighted by molar-refractivity contribution is 8.00. The number of nitrogens with one attached hydrogen (secondary N) is 1. The van der Waals surface area contributed by atoms with Crippen LogP contribution in [0.3, 0.4) is 0 Å². The predicted octanol–water partition coefficient (Wildman–Crippen LogP) is 6.50. The van der Waals surface area contributed by atoms with Crippen LogP contribution < -0.4 is 10.1 Å². The van der Waals surface area contributed by atoms with Crippen LogP contribution in [0, 0.1) is 20.8 Å². The molecule has 0 spiro atoms. The number of carbonyl (C=O) groups is 1. The maximum absolute atomic E-state index is 12.7. The number of amides is 1. The molecule has 0 atom stereocenters. The van der Waals surface area contributed by atoms with Crippen molar-refractivity contribution in [2.24, 2.45) is 0 Å². The average molecular weight is 468 g/mol. The van der Waals surface area contributed by atoms with Gasteiger partial charge in [-0.05, 0) is 44.0 Å². The molecule has 1 aromatic heterocycles. The normalized spacial score (nSPS) is 11.9. The van der Waals surface area contributed by atoms with Gasteiger partial charge in [0.2, 0.25) is 11.8 Å². The molecule has 1 N–H and O–H groups in total. The van der Waals surface area contributed by atoms with Gasteiger partial charge in [-0.3, -0.25) is 4.79 Å². The molecule has 1 aliphatic rings. The molecule has 5 rings (SSSR count). The summed E-state index contributed by atoms with van der Waals surface area (Å²) in [4.78, 5) is 22.3. The minimum atomic E-state index is -0.0777. The Morgan fingerprint density at radius 1 is 0.941 bits per heavy atom. The Morgan fingerprint density at radius 2 is 1.65 bits per heavy atom. The molecule has 1 aliphatic heterocycles. The lowest BCUT2D eigenvalue weighted by Crippen LogP contribution is -2.15. The number of nitrogens with zero attached hydrogens (tertiary/aromatic N) is 2. The number of aromatic nitrogens is 2. The molecular weight excluding hydrogens is 442 g/mol. The Bertz CT molecular complexity index is 1370. The molecule has 5 nitrogen and oxygen atoms in total. The zero-order valence-electron chi connectivity index (χ0n) is 19.4. The Morgan fingerprint density at radius 3 is 2.38 bits per heavy atom. The lowest BCUT2D eigenvalue weighted by molar-refractivity contribution is -0.113. The van der Waals surface area contributed by atoms with Crippen LogP contribution in [0.4, 0.5) is 5.69 Å². The van der Waals surface area contributed by atoms with Crippen molar-refractivity contribution in [1.29, 1.82) is 0 Å². The summed E-state index contributed by atoms with van der Waals surface area (Å²) in [5, 5.41) is 3.73. The summed E-state index contributed by atoms with van der Waals surface area (Å²) in [6.07, 6.45) is 0.669. The molecule has 3 aromatic carbocycles. The van der Waals surface area contributed by atoms with E-state index in [0.717, 1.165) is 44.3 Å². The van der Waals surface area contributed by atoms with Crippen LogP contribution in [0.15, 0.2) is 71.8 Å². The van der Waals surface area contributed by atoms with Gasteiger partial charge in [0.25, 0.3) is 0 Å². The first kappa shape index (κ1) is 22.2. The van der Waals surface area contributed by atoms with E-state index in [2.05, 4.69) is 11.4 Å². The number of hydrogen-bond acceptors (Lipinski definition) is 5. The SMILES string of the molecule is Cc1ccc(NC(=O)CSc2nc(-c3ccc(C)cc3)nc3c2Cc2cccc(C)c2O3)cc1. The molecule has 1 amide bonds. The number of fused-ring (bicyclic) bond motifs is 2. The molecule has 0 fully saturated rings. The minimum Gasteiger partial charge on any atom is -0.438 e. The van der Waals surface area contributed by atoms with Crippen molar-refractivity contribution in [3.8, 4) is 23.0 Å². The summed E-state index contributed by atoms with van der Waals surface area (Å²) in [5.41, 5.74) is 7.12. The van der Waals surface area contributed by atoms with Gasteiger partial charge < -0.3 is 10.1 Å². The first-order valence-corrected chi connectivity index (χ1v) is 12.2. The highest BCUT2D eigenvalue weighted by atomic mass is 32.2. The average Bonchev–Trinajstić information content (AvgIpc) is 2.84. The molecule has 0 saturated carbocycles. The van der Waals surface area contributed by atoms with Crippen LogP contribution in [0.2, 0.25) is 0 Å². The van der Waals surface area contributed by atoms with Gasteiger partial charge in [0.1, 0.15) is 10.8 Å². The Labute approximate surface area is 203 Å². The van der Waals surface area contributed by atoms with Crippen LogP contribution in [0.5, 0.6) is 11.6 Å². The molecule has 0 unspecified atom stereocenters. The monoisotopic (exact) mass is 467 g/mol. The van der Waals surface area contributed by atoms with Crippen molar-refractivity contribution in [3.63, 3.8) is 0 Å². The lowest BCUT2D eigenvalue weighted by Gasteiger charge is -2.23. The molecular formula is C28H25N3O2S. The number of rotatable bonds is 5. The summed E-state index contributed by atoms with van der Waals surface area (Å²) in [6, 6.07) is 22.0. The fraction of sp³-hybridized carbons (Fsp3) is 0.179. The van der Waals surface area contributed by atoms with Crippen molar-refractivity contribution in [2.75, 3.05) is 11.1 Å². The zero-order chi connectivity index (χ0) is 23.7. The Kier molecular flexibility index (Phi) is 6.07. The molecule has 34 heavy (non-hydrogen) atoms. The van der Waals surface area contributed by atoms with Crippen molar-refractivity contribution in [2.45, 2.75) is 32.2 Å². The van der Waals surface area contributed by atoms with Gasteiger partial charge in [0, 0.05) is 17.7 Å². The number of aryl methyl sites for hydroxylation is 3. The Hall–Kier alpha value is -3.64. The summed E-state index contributed by atoms with van der Waals surface area (Å²) in [6.45, 7) is 6.11. The topological polar surface area (TPSA) is 64.1 Å². The van der Waals surface area contributed by atoms with Gasteiger partial charge in [-0.15, -0.1) is 0 Å². The highest BCUT2D eigenvalue weighted by Crippen LogP contribution is 2.41. The fourth-order valence-corrected chi connectivity index (χ4v) is 4.71. The van der Waals surface area contributed by atoms with E-state index in [0.29, 0.717) is 18.1 Å². The molecule has 0 bridgehead atoms. The van der Waals surface area contributed by atoms with Crippen molar-refractivity contribution in [3.05, 3.63) is 94.5 Å². The predicted molar refractivity (Wildman–Crippen MR) is 137 cm³/mol. The minimum absolute atomic E-state index is 0.0777. The third-order valence-electron chi connectivity index (χ3n) is 5.78. The third kappa shape index (κ3) is 4.68. The smallest absolute Gasteiger partial charge is 0.234 e. The van der Waals surface area contributed by atoms with Gasteiger partial charge in [-0.25, -0.2) is 4.98 Å². The van der Waals surface area contributed by atoms with Gasteiger partial charge in [-0.1, -0.05) is 77.5 Å². The Balaban J connectivity index is 1.45. The van der Waals surface area contributed by atoms with Crippen LogP contribution in [-0.2, 0) is 11.2 Å². The molecule has 4 aromatic rings. The van der Waals surface area contributed by atoms with Gasteiger partial charge >= 0.3 is 0 Å². The van der Waals surface area contributed by atoms with E-state index >= 15 is 0 Å². The molecule has 6 heteroatoms. The number of ether oxygens (including phenoxy) is 1. The van der Waals surface area contributed by atoms with Crippen LogP contribution >= 0.6 is 11.8 Å². The molecule has 0 saturated heterocycles. The molecule has 0 aliphatic carbocycles. The van der Waals surface area contributed by atoms with Crippen LogP contribution in [0.1, 0.15) is 27.8 Å². The fourth-order valence-electron chi connectivity index (χ4n) is 3.88. The number of anilines is 1. The first-order valence-electron chi connectivity index (χ1n) is 11.2. The van der Waals surface area contributed by atoms with Crippen LogP contribution in [0.25, 0.3) is 11.4 Å². The number of thioether (sulfide) groups is 1. The first-order chi connectivity index (χ1) is 16.5. The largest absolute Gasteiger partial charge is 0.438 e. The quantitative estimate of drug-likeness (QED) is 0.236. The van der Waals surface area contributed by atoms with E-state index in [1.54, 1.807) is 0 Å². The lowest BCUT2D eigenvalue weighted by atomic mass is 10.0. The standard InChI is InChI=1S/C28H25N3O2S/c1-17-7-11-20(12-8-17)26-30-27-23(15-21-6-4-5-19(3)25(21)33-27)28(31-26)34-16-24(32)29-22-13-9-18(2)10-14-22/h4-14H,15-16H2,1-3H3,(H,29,32). The van der Waals surface area contributed by atoms with E-state index in [1.807, 2.05) is 81.4 Å². The number of hydrogen-bond donors (Lipinski definition) is 1. The summed E-state index contributed by atoms with van der Waals surface area (Å²) >= 11 is 1.41. The second-order valence-corrected chi connectivity index (χ2v) is 9.51. The van der Waals surface area contributed by atoms with Crippen molar-refractivity contribution in [1.82, 2.24) is 9.97 Å². The summed E-state index contributed by atoms with van der Waals surface area (Å²) in [5.74, 6) is 2.18. The zero-order valence-corrected chi connectivity index (χ0v) is 20.2. The summed E-state index contributed by atoms with van der Waals surface area (Å²) < 4.78 is 6.28. The van der Waals surface area contributed by atoms with Gasteiger partial charge in [-0.2, -0.15) is 4.98 Å². The second kappa shape index (κ2) is 9.31. The van der Waals surface area contributed by atoms with E-state index in [9.17, 15) is 4.79 Å². The van der Waals surface area contributed by atoms with E-state index < -0.39 is 0 Å². The third-order valence-corrected chi connectivity index (χ3v) is 6.79. The molecule has 170 valence electrons. The van der Waals surface area contributed by atoms with E-state index in [-0.39, 0.29) is 11.7 Å². The maximum Gasteiger partial charge on any atom is 0.234 e. The van der Waals surface area contributed by atoms with Crippen LogP contribution in [-0.4, -0.2) is 21.6 Å². The number of benzene rings is 3. The van der Waals surface area contributed by atoms with Crippen molar-refractivity contribution < 1.29 is 9.53 Å². The van der Waals surface area contributed by atoms with Gasteiger partial charge in [0.05, 0.1) is 11.3 Å². The summed E-state index contributed by atoms with van der Waals surface area (Å²) in [7, 11) is 0. The highest BCUT2D eigenvalue weighted by Gasteiger charge is 2.25. The number of carbonyl (C=O) groups excluding carboxylic acids is 1. The second-order valence-electron chi connectivity index (χ2n) is 8.55. The maximum atomic E-state index is 12.7.